The van der Waals surface area contributed by atoms with Gasteiger partial charge in [-0.2, -0.15) is 0 Å². The third-order valence-corrected chi connectivity index (χ3v) is 4.67. The minimum atomic E-state index is -0.217. The van der Waals surface area contributed by atoms with Gasteiger partial charge < -0.3 is 0 Å². The van der Waals surface area contributed by atoms with E-state index in [0.29, 0.717) is 10.8 Å². The second kappa shape index (κ2) is 3.26. The molecule has 2 aliphatic rings. The first-order valence-corrected chi connectivity index (χ1v) is 6.58. The lowest BCUT2D eigenvalue weighted by molar-refractivity contribution is -0.125. The summed E-state index contributed by atoms with van der Waals surface area (Å²) in [5.74, 6) is -0.953. The Morgan fingerprint density at radius 3 is 2.33 bits per heavy atom. The monoisotopic (exact) mass is 264 g/mol. The maximum atomic E-state index is 12.1. The number of hydrogen-bond donors (Lipinski definition) is 0. The van der Waals surface area contributed by atoms with Crippen LogP contribution in [0.1, 0.15) is 31.3 Å². The molecule has 1 aromatic heterocycles. The van der Waals surface area contributed by atoms with Crippen LogP contribution in [-0.4, -0.2) is 22.6 Å². The van der Waals surface area contributed by atoms with Gasteiger partial charge in [0.25, 0.3) is 0 Å². The van der Waals surface area contributed by atoms with Gasteiger partial charge in [-0.05, 0) is 5.41 Å². The maximum absolute atomic E-state index is 12.1. The number of carbonyl (C=O) groups excluding carboxylic acids is 3. The second-order valence-electron chi connectivity index (χ2n) is 5.36. The molecule has 1 saturated carbocycles. The Morgan fingerprint density at radius 1 is 1.33 bits per heavy atom. The van der Waals surface area contributed by atoms with E-state index in [1.807, 2.05) is 13.8 Å². The number of rotatable bonds is 2. The van der Waals surface area contributed by atoms with E-state index in [1.54, 1.807) is 5.38 Å². The quantitative estimate of drug-likeness (QED) is 0.599. The average Bonchev–Trinajstić information content (AvgIpc) is 2.65. The number of carbonyl (C=O) groups is 3. The van der Waals surface area contributed by atoms with Crippen molar-refractivity contribution < 1.29 is 14.4 Å². The molecule has 2 unspecified atom stereocenters. The molecule has 0 aromatic carbocycles. The molecule has 2 amide bonds. The van der Waals surface area contributed by atoms with Crippen LogP contribution in [-0.2, 0) is 9.59 Å². The smallest absolute Gasteiger partial charge is 0.240 e. The van der Waals surface area contributed by atoms with E-state index in [2.05, 4.69) is 4.98 Å². The summed E-state index contributed by atoms with van der Waals surface area (Å²) >= 11 is 1.16. The highest BCUT2D eigenvalue weighted by molar-refractivity contribution is 7.14. The molecule has 0 spiro atoms. The molecule has 1 aliphatic carbocycles. The largest absolute Gasteiger partial charge is 0.293 e. The first-order valence-electron chi connectivity index (χ1n) is 5.70. The van der Waals surface area contributed by atoms with Crippen molar-refractivity contribution in [3.8, 4) is 0 Å². The van der Waals surface area contributed by atoms with Gasteiger partial charge in [-0.25, -0.2) is 9.88 Å². The number of fused-ring (bicyclic) bond motifs is 1. The zero-order chi connectivity index (χ0) is 13.2. The number of hydrogen-bond acceptors (Lipinski definition) is 5. The lowest BCUT2D eigenvalue weighted by atomic mass is 10.1. The van der Waals surface area contributed by atoms with Gasteiger partial charge in [0, 0.05) is 12.3 Å². The molecule has 6 heteroatoms. The predicted octanol–water partition coefficient (Wildman–Crippen LogP) is 1.49. The summed E-state index contributed by atoms with van der Waals surface area (Å²) in [6.45, 7) is 5.27. The number of ketones is 1. The van der Waals surface area contributed by atoms with Crippen molar-refractivity contribution in [1.82, 2.24) is 4.98 Å². The normalized spacial score (nSPS) is 28.5. The fourth-order valence-corrected chi connectivity index (χ4v) is 3.54. The Labute approximate surface area is 108 Å². The van der Waals surface area contributed by atoms with Gasteiger partial charge in [0.05, 0.1) is 11.8 Å². The first-order chi connectivity index (χ1) is 8.35. The molecule has 5 nitrogen and oxygen atoms in total. The van der Waals surface area contributed by atoms with E-state index in [1.165, 1.54) is 6.92 Å². The molecule has 0 N–H and O–H groups in total. The highest BCUT2D eigenvalue weighted by Gasteiger charge is 2.73. The van der Waals surface area contributed by atoms with Crippen molar-refractivity contribution in [2.75, 3.05) is 4.90 Å². The standard InChI is InChI=1S/C12H12N2O3S/c1-5(15)6-4-18-11(13-6)14-9(16)7-8(10(14)17)12(7,2)3/h4,7-8H,1-3H3. The summed E-state index contributed by atoms with van der Waals surface area (Å²) in [6.07, 6.45) is 0. The number of aromatic nitrogens is 1. The minimum Gasteiger partial charge on any atom is -0.293 e. The molecule has 94 valence electrons. The molecule has 1 aromatic rings. The Bertz CT molecular complexity index is 566. The number of nitrogens with zero attached hydrogens (tertiary/aromatic N) is 2. The third-order valence-electron chi connectivity index (χ3n) is 3.84. The van der Waals surface area contributed by atoms with Crippen LogP contribution < -0.4 is 4.90 Å². The van der Waals surface area contributed by atoms with E-state index in [9.17, 15) is 14.4 Å². The molecule has 2 atom stereocenters. The topological polar surface area (TPSA) is 67.3 Å². The van der Waals surface area contributed by atoms with Crippen LogP contribution in [0.2, 0.25) is 0 Å². The highest BCUT2D eigenvalue weighted by Crippen LogP contribution is 2.63. The minimum absolute atomic E-state index is 0.165. The number of thiazole rings is 1. The lowest BCUT2D eigenvalue weighted by Gasteiger charge is -2.17. The Balaban J connectivity index is 1.93. The summed E-state index contributed by atoms with van der Waals surface area (Å²) in [4.78, 5) is 40.6. The third kappa shape index (κ3) is 1.26. The molecule has 1 aliphatic heterocycles. The van der Waals surface area contributed by atoms with Gasteiger partial charge in [0.1, 0.15) is 5.69 Å². The van der Waals surface area contributed by atoms with E-state index >= 15 is 0 Å². The Morgan fingerprint density at radius 2 is 1.89 bits per heavy atom. The van der Waals surface area contributed by atoms with Crippen LogP contribution in [0.25, 0.3) is 0 Å². The van der Waals surface area contributed by atoms with Crippen molar-refractivity contribution in [3.63, 3.8) is 0 Å². The Hall–Kier alpha value is -1.56. The average molecular weight is 264 g/mol. The van der Waals surface area contributed by atoms with Crippen LogP contribution in [0, 0.1) is 17.3 Å². The van der Waals surface area contributed by atoms with Gasteiger partial charge in [-0.15, -0.1) is 11.3 Å². The van der Waals surface area contributed by atoms with Crippen molar-refractivity contribution in [2.24, 2.45) is 17.3 Å². The van der Waals surface area contributed by atoms with Crippen LogP contribution >= 0.6 is 11.3 Å². The summed E-state index contributed by atoms with van der Waals surface area (Å²) in [6, 6.07) is 0. The SMILES string of the molecule is CC(=O)c1csc(N2C(=O)C3C(C2=O)C3(C)C)n1. The molecular formula is C12H12N2O3S. The second-order valence-corrected chi connectivity index (χ2v) is 6.20. The van der Waals surface area contributed by atoms with Gasteiger partial charge in [0.15, 0.2) is 10.9 Å². The van der Waals surface area contributed by atoms with Crippen molar-refractivity contribution in [2.45, 2.75) is 20.8 Å². The fraction of sp³-hybridized carbons (Fsp3) is 0.500. The highest BCUT2D eigenvalue weighted by atomic mass is 32.1. The number of Topliss-reactive ketones (excluding diaryl/α,β-unsaturated/α-hetero) is 1. The molecule has 18 heavy (non-hydrogen) atoms. The van der Waals surface area contributed by atoms with Crippen LogP contribution in [0.3, 0.4) is 0 Å². The zero-order valence-corrected chi connectivity index (χ0v) is 11.1. The number of piperidine rings is 1. The van der Waals surface area contributed by atoms with Gasteiger partial charge in [0.2, 0.25) is 11.8 Å². The van der Waals surface area contributed by atoms with Crippen molar-refractivity contribution >= 4 is 34.1 Å². The number of anilines is 1. The van der Waals surface area contributed by atoms with Crippen molar-refractivity contribution in [3.05, 3.63) is 11.1 Å². The number of amides is 2. The first kappa shape index (κ1) is 11.5. The summed E-state index contributed by atoms with van der Waals surface area (Å²) in [7, 11) is 0. The molecule has 2 fully saturated rings. The van der Waals surface area contributed by atoms with Crippen LogP contribution in [0.5, 0.6) is 0 Å². The van der Waals surface area contributed by atoms with Crippen LogP contribution in [0.15, 0.2) is 5.38 Å². The van der Waals surface area contributed by atoms with E-state index < -0.39 is 0 Å². The number of imide groups is 1. The van der Waals surface area contributed by atoms with Crippen LogP contribution in [0.4, 0.5) is 5.13 Å². The predicted molar refractivity (Wildman–Crippen MR) is 65.4 cm³/mol. The molecule has 0 bridgehead atoms. The van der Waals surface area contributed by atoms with E-state index in [4.69, 9.17) is 0 Å². The van der Waals surface area contributed by atoms with E-state index in [-0.39, 0.29) is 34.8 Å². The summed E-state index contributed by atoms with van der Waals surface area (Å²) in [5.41, 5.74) is 0.0844. The fourth-order valence-electron chi connectivity index (χ4n) is 2.66. The van der Waals surface area contributed by atoms with Crippen molar-refractivity contribution in [1.29, 1.82) is 0 Å². The zero-order valence-electron chi connectivity index (χ0n) is 10.3. The maximum Gasteiger partial charge on any atom is 0.240 e. The lowest BCUT2D eigenvalue weighted by Crippen LogP contribution is -2.36. The molecule has 1 saturated heterocycles. The summed E-state index contributed by atoms with van der Waals surface area (Å²) in [5, 5.41) is 1.89. The van der Waals surface area contributed by atoms with Gasteiger partial charge in [-0.3, -0.25) is 14.4 Å². The molecule has 3 rings (SSSR count). The Kier molecular flexibility index (Phi) is 2.09. The molecule has 2 heterocycles. The molecule has 0 radical (unpaired) electrons. The summed E-state index contributed by atoms with van der Waals surface area (Å²) < 4.78 is 0. The van der Waals surface area contributed by atoms with Gasteiger partial charge in [-0.1, -0.05) is 13.8 Å². The van der Waals surface area contributed by atoms with Gasteiger partial charge >= 0.3 is 0 Å². The molecular weight excluding hydrogens is 252 g/mol. The van der Waals surface area contributed by atoms with E-state index in [0.717, 1.165) is 16.2 Å².